The Morgan fingerprint density at radius 3 is 2.11 bits per heavy atom. The Morgan fingerprint density at radius 2 is 1.58 bits per heavy atom. The lowest BCUT2D eigenvalue weighted by molar-refractivity contribution is -0.384. The third-order valence-electron chi connectivity index (χ3n) is 5.55. The van der Waals surface area contributed by atoms with Crippen molar-refractivity contribution < 1.29 is 43.4 Å². The van der Waals surface area contributed by atoms with Gasteiger partial charge in [-0.3, -0.25) is 19.7 Å². The zero-order chi connectivity index (χ0) is 28.2. The smallest absolute Gasteiger partial charge is 0.408 e. The summed E-state index contributed by atoms with van der Waals surface area (Å²) in [5.74, 6) is -3.71. The Balaban J connectivity index is 2.26. The highest BCUT2D eigenvalue weighted by Crippen LogP contribution is 2.27. The van der Waals surface area contributed by atoms with Crippen molar-refractivity contribution in [3.63, 3.8) is 0 Å². The molecule has 0 aromatic heterocycles. The number of non-ortho nitro benzene ring substituents is 1. The van der Waals surface area contributed by atoms with Crippen LogP contribution in [-0.2, 0) is 35.2 Å². The van der Waals surface area contributed by atoms with Crippen LogP contribution in [0.2, 0.25) is 0 Å². The maximum absolute atomic E-state index is 13.1. The van der Waals surface area contributed by atoms with Gasteiger partial charge < -0.3 is 30.0 Å². The molecule has 0 aliphatic carbocycles. The quantitative estimate of drug-likeness (QED) is 0.157. The highest BCUT2D eigenvalue weighted by molar-refractivity contribution is 5.91. The third kappa shape index (κ3) is 8.55. The summed E-state index contributed by atoms with van der Waals surface area (Å²) in [7, 11) is 2.20. The van der Waals surface area contributed by atoms with Gasteiger partial charge in [0.25, 0.3) is 5.69 Å². The molecule has 0 bridgehead atoms. The van der Waals surface area contributed by atoms with Gasteiger partial charge in [0.2, 0.25) is 5.91 Å². The van der Waals surface area contributed by atoms with Gasteiger partial charge in [-0.05, 0) is 18.1 Å². The minimum absolute atomic E-state index is 0.0903. The number of rotatable bonds is 12. The van der Waals surface area contributed by atoms with Crippen molar-refractivity contribution >= 4 is 29.6 Å². The lowest BCUT2D eigenvalue weighted by atomic mass is 9.88. The van der Waals surface area contributed by atoms with Gasteiger partial charge in [-0.2, -0.15) is 0 Å². The molecule has 2 aromatic rings. The van der Waals surface area contributed by atoms with Crippen LogP contribution in [0.15, 0.2) is 54.6 Å². The number of aliphatic hydroxyl groups excluding tert-OH is 1. The minimum Gasteiger partial charge on any atom is -0.469 e. The summed E-state index contributed by atoms with van der Waals surface area (Å²) in [6.45, 7) is 1.16. The van der Waals surface area contributed by atoms with Crippen LogP contribution < -0.4 is 10.6 Å². The highest BCUT2D eigenvalue weighted by atomic mass is 16.6. The molecule has 0 saturated carbocycles. The number of amides is 2. The first-order valence-corrected chi connectivity index (χ1v) is 11.4. The number of carbonyl (C=O) groups excluding carboxylic acids is 4. The number of benzene rings is 2. The lowest BCUT2D eigenvalue weighted by Gasteiger charge is -2.28. The minimum atomic E-state index is -1.54. The second kappa shape index (κ2) is 14.3. The summed E-state index contributed by atoms with van der Waals surface area (Å²) in [5, 5.41) is 25.9. The molecule has 2 rings (SSSR count). The maximum atomic E-state index is 13.1. The Morgan fingerprint density at radius 1 is 0.947 bits per heavy atom. The van der Waals surface area contributed by atoms with Crippen LogP contribution in [0, 0.1) is 10.1 Å². The number of nitro groups is 1. The molecule has 3 N–H and O–H groups in total. The van der Waals surface area contributed by atoms with E-state index in [0.29, 0.717) is 11.1 Å². The number of esters is 2. The summed E-state index contributed by atoms with van der Waals surface area (Å²) in [6.07, 6.45) is -2.80. The van der Waals surface area contributed by atoms with Crippen LogP contribution in [0.25, 0.3) is 0 Å². The standard InChI is InChI=1S/C25H29N3O10/c1-15(29)21(27-25(33)38-14-16-7-5-4-6-8-16)23(31)26-22(24(32)37-3)19(13-20(30)36-2)17-9-11-18(12-10-17)28(34)35/h4-12,15,19,21-22,29H,13-14H2,1-3H3,(H,26,31)(H,27,33)/t15-,19-,21+,22-/m1/s1. The molecule has 0 saturated heterocycles. The van der Waals surface area contributed by atoms with E-state index in [2.05, 4.69) is 10.6 Å². The number of nitrogens with zero attached hydrogens (tertiary/aromatic N) is 1. The molecule has 2 aromatic carbocycles. The summed E-state index contributed by atoms with van der Waals surface area (Å²) in [6, 6.07) is 10.8. The van der Waals surface area contributed by atoms with E-state index >= 15 is 0 Å². The topological polar surface area (TPSA) is 183 Å². The SMILES string of the molecule is COC(=O)C[C@H](c1ccc([N+](=O)[O-])cc1)[C@@H](NC(=O)[C@@H](NC(=O)OCc1ccccc1)[C@@H](C)O)C(=O)OC. The van der Waals surface area contributed by atoms with E-state index in [0.717, 1.165) is 14.2 Å². The van der Waals surface area contributed by atoms with Crippen molar-refractivity contribution in [2.75, 3.05) is 14.2 Å². The molecule has 4 atom stereocenters. The van der Waals surface area contributed by atoms with Gasteiger partial charge in [0.1, 0.15) is 18.7 Å². The van der Waals surface area contributed by atoms with Crippen molar-refractivity contribution in [3.8, 4) is 0 Å². The van der Waals surface area contributed by atoms with Gasteiger partial charge >= 0.3 is 18.0 Å². The fraction of sp³-hybridized carbons (Fsp3) is 0.360. The Kier molecular flexibility index (Phi) is 11.2. The van der Waals surface area contributed by atoms with Crippen LogP contribution in [0.5, 0.6) is 0 Å². The first-order chi connectivity index (χ1) is 18.1. The van der Waals surface area contributed by atoms with E-state index in [-0.39, 0.29) is 12.3 Å². The zero-order valence-electron chi connectivity index (χ0n) is 21.0. The molecule has 13 heteroatoms. The van der Waals surface area contributed by atoms with E-state index in [1.165, 1.54) is 31.2 Å². The number of nitro benzene ring substituents is 1. The van der Waals surface area contributed by atoms with Crippen LogP contribution in [0.3, 0.4) is 0 Å². The second-order valence-electron chi connectivity index (χ2n) is 8.17. The average Bonchev–Trinajstić information content (AvgIpc) is 2.92. The lowest BCUT2D eigenvalue weighted by Crippen LogP contribution is -2.57. The molecule has 0 radical (unpaired) electrons. The monoisotopic (exact) mass is 531 g/mol. The Hall–Kier alpha value is -4.52. The van der Waals surface area contributed by atoms with E-state index < -0.39 is 59.4 Å². The fourth-order valence-electron chi connectivity index (χ4n) is 3.53. The average molecular weight is 532 g/mol. The van der Waals surface area contributed by atoms with Crippen molar-refractivity contribution in [1.82, 2.24) is 10.6 Å². The molecule has 2 amide bonds. The molecule has 13 nitrogen and oxygen atoms in total. The van der Waals surface area contributed by atoms with E-state index in [9.17, 15) is 34.4 Å². The number of carbonyl (C=O) groups is 4. The molecule has 0 spiro atoms. The highest BCUT2D eigenvalue weighted by Gasteiger charge is 2.37. The van der Waals surface area contributed by atoms with Gasteiger partial charge in [-0.1, -0.05) is 42.5 Å². The number of methoxy groups -OCH3 is 2. The number of nitrogens with one attached hydrogen (secondary N) is 2. The molecular weight excluding hydrogens is 502 g/mol. The van der Waals surface area contributed by atoms with Crippen LogP contribution in [-0.4, -0.2) is 66.4 Å². The van der Waals surface area contributed by atoms with Crippen molar-refractivity contribution in [2.24, 2.45) is 0 Å². The van der Waals surface area contributed by atoms with Gasteiger partial charge in [0.05, 0.1) is 31.7 Å². The van der Waals surface area contributed by atoms with Crippen molar-refractivity contribution in [3.05, 3.63) is 75.8 Å². The summed E-state index contributed by atoms with van der Waals surface area (Å²) in [4.78, 5) is 60.7. The van der Waals surface area contributed by atoms with Crippen LogP contribution in [0.1, 0.15) is 30.4 Å². The Bertz CT molecular complexity index is 1120. The van der Waals surface area contributed by atoms with Gasteiger partial charge in [-0.15, -0.1) is 0 Å². The number of aliphatic hydroxyl groups is 1. The number of ether oxygens (including phenoxy) is 3. The summed E-state index contributed by atoms with van der Waals surface area (Å²) in [5.41, 5.74) is 0.761. The van der Waals surface area contributed by atoms with Crippen LogP contribution >= 0.6 is 0 Å². The number of hydrogen-bond donors (Lipinski definition) is 3. The molecule has 38 heavy (non-hydrogen) atoms. The molecule has 0 aliphatic heterocycles. The Labute approximate surface area is 218 Å². The normalized spacial score (nSPS) is 13.7. The largest absolute Gasteiger partial charge is 0.469 e. The third-order valence-corrected chi connectivity index (χ3v) is 5.55. The number of hydrogen-bond acceptors (Lipinski definition) is 10. The van der Waals surface area contributed by atoms with Crippen LogP contribution in [0.4, 0.5) is 10.5 Å². The number of alkyl carbamates (subject to hydrolysis) is 1. The predicted molar refractivity (Wildman–Crippen MR) is 132 cm³/mol. The predicted octanol–water partition coefficient (Wildman–Crippen LogP) is 1.58. The molecule has 0 unspecified atom stereocenters. The first-order valence-electron chi connectivity index (χ1n) is 11.4. The van der Waals surface area contributed by atoms with E-state index in [4.69, 9.17) is 14.2 Å². The van der Waals surface area contributed by atoms with E-state index in [1.807, 2.05) is 0 Å². The van der Waals surface area contributed by atoms with Crippen molar-refractivity contribution in [2.45, 2.75) is 44.1 Å². The fourth-order valence-corrected chi connectivity index (χ4v) is 3.53. The summed E-state index contributed by atoms with van der Waals surface area (Å²) >= 11 is 0. The molecule has 0 heterocycles. The molecule has 0 aliphatic rings. The molecule has 204 valence electrons. The summed E-state index contributed by atoms with van der Waals surface area (Å²) < 4.78 is 14.6. The van der Waals surface area contributed by atoms with E-state index in [1.54, 1.807) is 30.3 Å². The molecule has 0 fully saturated rings. The first kappa shape index (κ1) is 29.7. The van der Waals surface area contributed by atoms with Gasteiger partial charge in [-0.25, -0.2) is 9.59 Å². The second-order valence-corrected chi connectivity index (χ2v) is 8.17. The van der Waals surface area contributed by atoms with Crippen molar-refractivity contribution in [1.29, 1.82) is 0 Å². The zero-order valence-corrected chi connectivity index (χ0v) is 21.0. The maximum Gasteiger partial charge on any atom is 0.408 e. The van der Waals surface area contributed by atoms with Gasteiger partial charge in [0, 0.05) is 18.1 Å². The molecular formula is C25H29N3O10. The van der Waals surface area contributed by atoms with Gasteiger partial charge in [0.15, 0.2) is 0 Å².